The van der Waals surface area contributed by atoms with Gasteiger partial charge in [-0.05, 0) is 52.9 Å². The van der Waals surface area contributed by atoms with E-state index in [0.717, 1.165) is 18.2 Å². The molecule has 0 unspecified atom stereocenters. The van der Waals surface area contributed by atoms with Crippen LogP contribution in [-0.2, 0) is 0 Å². The van der Waals surface area contributed by atoms with Crippen LogP contribution in [0.3, 0.4) is 0 Å². The van der Waals surface area contributed by atoms with Crippen LogP contribution in [0.1, 0.15) is 15.9 Å². The van der Waals surface area contributed by atoms with Gasteiger partial charge in [-0.3, -0.25) is 4.79 Å². The number of ether oxygens (including phenoxy) is 1. The van der Waals surface area contributed by atoms with Gasteiger partial charge in [-0.25, -0.2) is 4.39 Å². The van der Waals surface area contributed by atoms with E-state index in [1.807, 2.05) is 0 Å². The van der Waals surface area contributed by atoms with Crippen LogP contribution in [0.5, 0.6) is 5.75 Å². The SMILES string of the molecule is O=C(c1ccc(F)cc1I)c1ccccc1OC(F)(F)F. The predicted molar refractivity (Wildman–Crippen MR) is 75.7 cm³/mol. The molecule has 0 N–H and O–H groups in total. The molecule has 0 radical (unpaired) electrons. The first-order valence-electron chi connectivity index (χ1n) is 5.62. The second-order valence-electron chi connectivity index (χ2n) is 4.00. The number of ketones is 1. The van der Waals surface area contributed by atoms with Gasteiger partial charge in [0.2, 0.25) is 0 Å². The second-order valence-corrected chi connectivity index (χ2v) is 5.16. The normalized spacial score (nSPS) is 11.3. The smallest absolute Gasteiger partial charge is 0.405 e. The maximum atomic E-state index is 13.0. The Hall–Kier alpha value is -1.64. The summed E-state index contributed by atoms with van der Waals surface area (Å²) in [5.74, 6) is -1.79. The Balaban J connectivity index is 2.44. The van der Waals surface area contributed by atoms with Crippen molar-refractivity contribution in [1.82, 2.24) is 0 Å². The fourth-order valence-electron chi connectivity index (χ4n) is 1.69. The molecule has 0 saturated carbocycles. The number of carbonyl (C=O) groups excluding carboxylic acids is 1. The number of hydrogen-bond acceptors (Lipinski definition) is 2. The minimum atomic E-state index is -4.90. The summed E-state index contributed by atoms with van der Waals surface area (Å²) in [6.07, 6.45) is -4.90. The molecule has 0 amide bonds. The van der Waals surface area contributed by atoms with E-state index in [0.29, 0.717) is 3.57 Å². The van der Waals surface area contributed by atoms with Gasteiger partial charge < -0.3 is 4.74 Å². The van der Waals surface area contributed by atoms with E-state index in [9.17, 15) is 22.4 Å². The van der Waals surface area contributed by atoms with Gasteiger partial charge in [0.25, 0.3) is 0 Å². The molecule has 0 heterocycles. The topological polar surface area (TPSA) is 26.3 Å². The van der Waals surface area contributed by atoms with Crippen LogP contribution >= 0.6 is 22.6 Å². The van der Waals surface area contributed by atoms with Gasteiger partial charge in [-0.2, -0.15) is 0 Å². The second kappa shape index (κ2) is 6.00. The van der Waals surface area contributed by atoms with Gasteiger partial charge in [0, 0.05) is 9.13 Å². The van der Waals surface area contributed by atoms with Crippen LogP contribution in [-0.4, -0.2) is 12.1 Å². The molecule has 0 atom stereocenters. The van der Waals surface area contributed by atoms with E-state index in [1.54, 1.807) is 22.6 Å². The number of halogens is 5. The first-order valence-corrected chi connectivity index (χ1v) is 6.70. The Morgan fingerprint density at radius 2 is 1.71 bits per heavy atom. The van der Waals surface area contributed by atoms with Crippen LogP contribution in [0.15, 0.2) is 42.5 Å². The first-order chi connectivity index (χ1) is 9.78. The largest absolute Gasteiger partial charge is 0.573 e. The summed E-state index contributed by atoms with van der Waals surface area (Å²) < 4.78 is 54.2. The Morgan fingerprint density at radius 1 is 1.05 bits per heavy atom. The van der Waals surface area contributed by atoms with Crippen molar-refractivity contribution in [3.63, 3.8) is 0 Å². The van der Waals surface area contributed by atoms with Crippen LogP contribution < -0.4 is 4.74 Å². The van der Waals surface area contributed by atoms with Crippen LogP contribution in [0.2, 0.25) is 0 Å². The Labute approximate surface area is 130 Å². The molecular weight excluding hydrogens is 403 g/mol. The van der Waals surface area contributed by atoms with E-state index in [4.69, 9.17) is 0 Å². The Kier molecular flexibility index (Phi) is 4.50. The molecule has 0 aliphatic carbocycles. The maximum absolute atomic E-state index is 13.0. The van der Waals surface area contributed by atoms with Crippen molar-refractivity contribution >= 4 is 28.4 Å². The zero-order valence-electron chi connectivity index (χ0n) is 10.2. The summed E-state index contributed by atoms with van der Waals surface area (Å²) in [4.78, 5) is 12.3. The number of carbonyl (C=O) groups is 1. The van der Waals surface area contributed by atoms with Crippen molar-refractivity contribution in [2.45, 2.75) is 6.36 Å². The quantitative estimate of drug-likeness (QED) is 0.422. The third kappa shape index (κ3) is 3.93. The summed E-state index contributed by atoms with van der Waals surface area (Å²) in [7, 11) is 0. The van der Waals surface area contributed by atoms with Crippen molar-refractivity contribution in [2.24, 2.45) is 0 Å². The van der Waals surface area contributed by atoms with E-state index in [1.165, 1.54) is 24.3 Å². The Bertz CT molecular complexity index is 683. The fourth-order valence-corrected chi connectivity index (χ4v) is 2.41. The van der Waals surface area contributed by atoms with Gasteiger partial charge in [-0.1, -0.05) is 12.1 Å². The fraction of sp³-hybridized carbons (Fsp3) is 0.0714. The molecule has 7 heteroatoms. The van der Waals surface area contributed by atoms with E-state index in [-0.39, 0.29) is 11.1 Å². The molecule has 2 rings (SSSR count). The van der Waals surface area contributed by atoms with E-state index in [2.05, 4.69) is 4.74 Å². The third-order valence-electron chi connectivity index (χ3n) is 2.53. The average Bonchev–Trinajstić information content (AvgIpc) is 2.36. The monoisotopic (exact) mass is 410 g/mol. The van der Waals surface area contributed by atoms with E-state index < -0.39 is 23.7 Å². The van der Waals surface area contributed by atoms with Crippen LogP contribution in [0, 0.1) is 9.39 Å². The molecule has 0 spiro atoms. The standard InChI is InChI=1S/C14H7F4IO2/c15-8-5-6-9(11(19)7-8)13(20)10-3-1-2-4-12(10)21-14(16,17)18/h1-7H. The molecule has 21 heavy (non-hydrogen) atoms. The molecule has 0 aliphatic rings. The molecule has 2 aromatic carbocycles. The minimum Gasteiger partial charge on any atom is -0.405 e. The molecule has 2 aromatic rings. The van der Waals surface area contributed by atoms with Gasteiger partial charge in [-0.15, -0.1) is 13.2 Å². The van der Waals surface area contributed by atoms with Crippen molar-refractivity contribution in [3.8, 4) is 5.75 Å². The highest BCUT2D eigenvalue weighted by atomic mass is 127. The molecular formula is C14H7F4IO2. The Morgan fingerprint density at radius 3 is 2.33 bits per heavy atom. The molecule has 0 saturated heterocycles. The van der Waals surface area contributed by atoms with Gasteiger partial charge in [0.05, 0.1) is 5.56 Å². The molecule has 0 bridgehead atoms. The molecule has 2 nitrogen and oxygen atoms in total. The predicted octanol–water partition coefficient (Wildman–Crippen LogP) is 4.56. The van der Waals surface area contributed by atoms with Crippen molar-refractivity contribution in [2.75, 3.05) is 0 Å². The first kappa shape index (κ1) is 15.7. The summed E-state index contributed by atoms with van der Waals surface area (Å²) in [5.41, 5.74) is -0.130. The highest BCUT2D eigenvalue weighted by Crippen LogP contribution is 2.29. The third-order valence-corrected chi connectivity index (χ3v) is 3.43. The van der Waals surface area contributed by atoms with Crippen molar-refractivity contribution in [1.29, 1.82) is 0 Å². The van der Waals surface area contributed by atoms with Gasteiger partial charge >= 0.3 is 6.36 Å². The van der Waals surface area contributed by atoms with Crippen LogP contribution in [0.25, 0.3) is 0 Å². The number of benzene rings is 2. The number of rotatable bonds is 3. The molecule has 110 valence electrons. The summed E-state index contributed by atoms with van der Waals surface area (Å²) in [5, 5.41) is 0. The molecule has 0 aliphatic heterocycles. The lowest BCUT2D eigenvalue weighted by molar-refractivity contribution is -0.274. The highest BCUT2D eigenvalue weighted by Gasteiger charge is 2.33. The summed E-state index contributed by atoms with van der Waals surface area (Å²) in [6, 6.07) is 8.45. The lowest BCUT2D eigenvalue weighted by Gasteiger charge is -2.13. The zero-order valence-corrected chi connectivity index (χ0v) is 12.4. The minimum absolute atomic E-state index is 0.107. The highest BCUT2D eigenvalue weighted by molar-refractivity contribution is 14.1. The van der Waals surface area contributed by atoms with Gasteiger partial charge in [0.15, 0.2) is 5.78 Å². The number of para-hydroxylation sites is 1. The van der Waals surface area contributed by atoms with Crippen molar-refractivity contribution in [3.05, 3.63) is 63.0 Å². The molecule has 0 aromatic heterocycles. The van der Waals surface area contributed by atoms with Gasteiger partial charge in [0.1, 0.15) is 11.6 Å². The van der Waals surface area contributed by atoms with Crippen molar-refractivity contribution < 1.29 is 27.1 Å². The zero-order chi connectivity index (χ0) is 15.6. The maximum Gasteiger partial charge on any atom is 0.573 e. The lowest BCUT2D eigenvalue weighted by atomic mass is 10.0. The molecule has 0 fully saturated rings. The summed E-state index contributed by atoms with van der Waals surface area (Å²) >= 11 is 1.74. The number of hydrogen-bond donors (Lipinski definition) is 0. The lowest BCUT2D eigenvalue weighted by Crippen LogP contribution is -2.19. The number of alkyl halides is 3. The summed E-state index contributed by atoms with van der Waals surface area (Å²) in [6.45, 7) is 0. The van der Waals surface area contributed by atoms with E-state index >= 15 is 0 Å². The van der Waals surface area contributed by atoms with Crippen LogP contribution in [0.4, 0.5) is 17.6 Å². The average molecular weight is 410 g/mol.